The average molecular weight is 213 g/mol. The van der Waals surface area contributed by atoms with Gasteiger partial charge >= 0.3 is 0 Å². The molecule has 0 spiro atoms. The fourth-order valence-corrected chi connectivity index (χ4v) is 2.95. The van der Waals surface area contributed by atoms with Gasteiger partial charge in [-0.3, -0.25) is 0 Å². The second-order valence-electron chi connectivity index (χ2n) is 4.95. The van der Waals surface area contributed by atoms with Crippen molar-refractivity contribution in [2.75, 3.05) is 20.2 Å². The highest BCUT2D eigenvalue weighted by Crippen LogP contribution is 2.26. The molecule has 1 heterocycles. The molecule has 2 aliphatic rings. The van der Waals surface area contributed by atoms with Gasteiger partial charge in [0.2, 0.25) is 0 Å². The number of hydrogen-bond acceptors (Lipinski definition) is 3. The summed E-state index contributed by atoms with van der Waals surface area (Å²) in [4.78, 5) is 2.55. The Morgan fingerprint density at radius 3 is 2.47 bits per heavy atom. The molecule has 3 nitrogen and oxygen atoms in total. The second kappa shape index (κ2) is 5.28. The molecule has 3 heteroatoms. The summed E-state index contributed by atoms with van der Waals surface area (Å²) in [5.74, 6) is 0. The minimum absolute atomic E-state index is 0.0519. The van der Waals surface area contributed by atoms with Crippen molar-refractivity contribution in [2.24, 2.45) is 0 Å². The fourth-order valence-electron chi connectivity index (χ4n) is 2.95. The van der Waals surface area contributed by atoms with Crippen LogP contribution < -0.4 is 0 Å². The number of nitrogens with zero attached hydrogens (tertiary/aromatic N) is 1. The summed E-state index contributed by atoms with van der Waals surface area (Å²) in [6.07, 6.45) is 7.18. The Kier molecular flexibility index (Phi) is 4.00. The second-order valence-corrected chi connectivity index (χ2v) is 4.95. The van der Waals surface area contributed by atoms with Gasteiger partial charge in [0.25, 0.3) is 0 Å². The van der Waals surface area contributed by atoms with Crippen LogP contribution in [0.1, 0.15) is 38.5 Å². The molecule has 15 heavy (non-hydrogen) atoms. The van der Waals surface area contributed by atoms with Crippen LogP contribution in [-0.2, 0) is 4.74 Å². The molecule has 2 fully saturated rings. The maximum atomic E-state index is 9.66. The van der Waals surface area contributed by atoms with Crippen LogP contribution >= 0.6 is 0 Å². The van der Waals surface area contributed by atoms with Gasteiger partial charge < -0.3 is 14.7 Å². The first-order chi connectivity index (χ1) is 7.29. The largest absolute Gasteiger partial charge is 0.393 e. The molecule has 1 aliphatic heterocycles. The van der Waals surface area contributed by atoms with Gasteiger partial charge in [0.05, 0.1) is 12.2 Å². The van der Waals surface area contributed by atoms with Crippen molar-refractivity contribution >= 4 is 0 Å². The van der Waals surface area contributed by atoms with Gasteiger partial charge in [-0.1, -0.05) is 0 Å². The first-order valence-electron chi connectivity index (χ1n) is 6.24. The molecule has 0 bridgehead atoms. The van der Waals surface area contributed by atoms with E-state index in [-0.39, 0.29) is 6.10 Å². The Morgan fingerprint density at radius 2 is 1.87 bits per heavy atom. The first-order valence-corrected chi connectivity index (χ1v) is 6.24. The highest BCUT2D eigenvalue weighted by Gasteiger charge is 2.28. The van der Waals surface area contributed by atoms with Crippen molar-refractivity contribution < 1.29 is 9.84 Å². The molecular weight excluding hydrogens is 190 g/mol. The van der Waals surface area contributed by atoms with Gasteiger partial charge in [-0.25, -0.2) is 0 Å². The zero-order valence-corrected chi connectivity index (χ0v) is 9.69. The summed E-state index contributed by atoms with van der Waals surface area (Å²) in [5, 5.41) is 9.66. The van der Waals surface area contributed by atoms with Crippen LogP contribution in [-0.4, -0.2) is 48.5 Å². The molecule has 1 saturated heterocycles. The molecule has 0 aromatic rings. The van der Waals surface area contributed by atoms with E-state index in [1.807, 2.05) is 7.11 Å². The Bertz CT molecular complexity index is 190. The van der Waals surface area contributed by atoms with E-state index < -0.39 is 0 Å². The molecular formula is C12H23NO2. The highest BCUT2D eigenvalue weighted by atomic mass is 16.5. The van der Waals surface area contributed by atoms with Gasteiger partial charge in [-0.05, 0) is 38.5 Å². The van der Waals surface area contributed by atoms with Crippen molar-refractivity contribution in [3.8, 4) is 0 Å². The lowest BCUT2D eigenvalue weighted by Crippen LogP contribution is -2.45. The van der Waals surface area contributed by atoms with E-state index in [0.717, 1.165) is 38.8 Å². The van der Waals surface area contributed by atoms with E-state index in [1.54, 1.807) is 0 Å². The van der Waals surface area contributed by atoms with Crippen LogP contribution in [0.3, 0.4) is 0 Å². The summed E-state index contributed by atoms with van der Waals surface area (Å²) in [6, 6.07) is 0.631. The number of rotatable bonds is 2. The maximum Gasteiger partial charge on any atom is 0.0595 e. The lowest BCUT2D eigenvalue weighted by molar-refractivity contribution is 0.00419. The minimum Gasteiger partial charge on any atom is -0.393 e. The van der Waals surface area contributed by atoms with Crippen LogP contribution in [0.15, 0.2) is 0 Å². The highest BCUT2D eigenvalue weighted by molar-refractivity contribution is 4.83. The van der Waals surface area contributed by atoms with Crippen molar-refractivity contribution in [1.29, 1.82) is 0 Å². The smallest absolute Gasteiger partial charge is 0.0595 e. The maximum absolute atomic E-state index is 9.66. The third-order valence-corrected chi connectivity index (χ3v) is 3.95. The number of aliphatic hydroxyl groups excluding tert-OH is 1. The lowest BCUT2D eigenvalue weighted by Gasteiger charge is -2.40. The Hall–Kier alpha value is -0.120. The van der Waals surface area contributed by atoms with E-state index in [2.05, 4.69) is 4.90 Å². The predicted molar refractivity (Wildman–Crippen MR) is 59.9 cm³/mol. The number of piperidine rings is 1. The quantitative estimate of drug-likeness (QED) is 0.752. The minimum atomic E-state index is -0.0519. The number of ether oxygens (including phenoxy) is 1. The first kappa shape index (κ1) is 11.4. The number of methoxy groups -OCH3 is 1. The van der Waals surface area contributed by atoms with E-state index in [0.29, 0.717) is 12.1 Å². The fraction of sp³-hybridized carbons (Fsp3) is 1.00. The predicted octanol–water partition coefficient (Wildman–Crippen LogP) is 1.40. The van der Waals surface area contributed by atoms with Crippen molar-refractivity contribution in [3.63, 3.8) is 0 Å². The molecule has 2 unspecified atom stereocenters. The summed E-state index contributed by atoms with van der Waals surface area (Å²) in [7, 11) is 1.81. The van der Waals surface area contributed by atoms with Gasteiger partial charge in [-0.2, -0.15) is 0 Å². The zero-order valence-electron chi connectivity index (χ0n) is 9.69. The molecule has 0 amide bonds. The SMILES string of the molecule is COC1CCN(C2CCCC(O)C2)CC1. The summed E-state index contributed by atoms with van der Waals surface area (Å²) in [5.41, 5.74) is 0. The summed E-state index contributed by atoms with van der Waals surface area (Å²) >= 11 is 0. The molecule has 0 radical (unpaired) electrons. The van der Waals surface area contributed by atoms with Crippen LogP contribution in [0, 0.1) is 0 Å². The molecule has 1 aliphatic carbocycles. The molecule has 88 valence electrons. The Labute approximate surface area is 92.4 Å². The van der Waals surface area contributed by atoms with Crippen LogP contribution in [0.2, 0.25) is 0 Å². The van der Waals surface area contributed by atoms with Crippen LogP contribution in [0.5, 0.6) is 0 Å². The summed E-state index contributed by atoms with van der Waals surface area (Å²) < 4.78 is 5.37. The third kappa shape index (κ3) is 2.92. The van der Waals surface area contributed by atoms with Gasteiger partial charge in [0.1, 0.15) is 0 Å². The monoisotopic (exact) mass is 213 g/mol. The summed E-state index contributed by atoms with van der Waals surface area (Å²) in [6.45, 7) is 2.30. The van der Waals surface area contributed by atoms with Crippen LogP contribution in [0.4, 0.5) is 0 Å². The Balaban J connectivity index is 1.79. The van der Waals surface area contributed by atoms with Gasteiger partial charge in [0.15, 0.2) is 0 Å². The van der Waals surface area contributed by atoms with Crippen molar-refractivity contribution in [2.45, 2.75) is 56.8 Å². The topological polar surface area (TPSA) is 32.7 Å². The number of aliphatic hydroxyl groups is 1. The normalized spacial score (nSPS) is 35.6. The molecule has 2 atom stereocenters. The van der Waals surface area contributed by atoms with Gasteiger partial charge in [-0.15, -0.1) is 0 Å². The number of likely N-dealkylation sites (tertiary alicyclic amines) is 1. The van der Waals surface area contributed by atoms with E-state index in [1.165, 1.54) is 12.8 Å². The molecule has 1 saturated carbocycles. The molecule has 1 N–H and O–H groups in total. The van der Waals surface area contributed by atoms with Crippen molar-refractivity contribution in [3.05, 3.63) is 0 Å². The van der Waals surface area contributed by atoms with E-state index in [9.17, 15) is 5.11 Å². The lowest BCUT2D eigenvalue weighted by atomic mass is 9.90. The zero-order chi connectivity index (χ0) is 10.7. The van der Waals surface area contributed by atoms with Crippen LogP contribution in [0.25, 0.3) is 0 Å². The average Bonchev–Trinajstić information content (AvgIpc) is 2.29. The standard InChI is InChI=1S/C12H23NO2/c1-15-12-5-7-13(8-6-12)10-3-2-4-11(14)9-10/h10-12,14H,2-9H2,1H3. The van der Waals surface area contributed by atoms with E-state index in [4.69, 9.17) is 4.74 Å². The van der Waals surface area contributed by atoms with Gasteiger partial charge in [0, 0.05) is 26.2 Å². The molecule has 2 rings (SSSR count). The third-order valence-electron chi connectivity index (χ3n) is 3.95. The Morgan fingerprint density at radius 1 is 1.13 bits per heavy atom. The molecule has 0 aromatic carbocycles. The number of hydrogen-bond donors (Lipinski definition) is 1. The van der Waals surface area contributed by atoms with Crippen molar-refractivity contribution in [1.82, 2.24) is 4.90 Å². The van der Waals surface area contributed by atoms with E-state index >= 15 is 0 Å². The molecule has 0 aromatic heterocycles.